The van der Waals surface area contributed by atoms with Crippen LogP contribution in [-0.4, -0.2) is 27.0 Å². The van der Waals surface area contributed by atoms with Crippen LogP contribution in [0, 0.1) is 6.92 Å². The molecule has 0 saturated carbocycles. The summed E-state index contributed by atoms with van der Waals surface area (Å²) in [7, 11) is 0. The molecule has 0 radical (unpaired) electrons. The third kappa shape index (κ3) is 3.93. The fraction of sp³-hybridized carbons (Fsp3) is 0.174. The molecule has 5 heteroatoms. The Bertz CT molecular complexity index is 1080. The molecule has 1 N–H and O–H groups in total. The SMILES string of the molecule is Cc1ccc(Cn2c(CCNC(=O)c3ccccn3)nc3ccccc32)cc1. The van der Waals surface area contributed by atoms with E-state index in [0.717, 1.165) is 23.4 Å². The minimum atomic E-state index is -0.165. The van der Waals surface area contributed by atoms with Gasteiger partial charge in [-0.25, -0.2) is 4.98 Å². The predicted octanol–water partition coefficient (Wildman–Crippen LogP) is 3.76. The second-order valence-electron chi connectivity index (χ2n) is 6.81. The Hall–Kier alpha value is -3.47. The number of benzene rings is 2. The van der Waals surface area contributed by atoms with Crippen LogP contribution >= 0.6 is 0 Å². The highest BCUT2D eigenvalue weighted by Crippen LogP contribution is 2.18. The lowest BCUT2D eigenvalue weighted by atomic mass is 10.1. The number of nitrogens with one attached hydrogen (secondary N) is 1. The van der Waals surface area contributed by atoms with Gasteiger partial charge < -0.3 is 9.88 Å². The second-order valence-corrected chi connectivity index (χ2v) is 6.81. The first kappa shape index (κ1) is 17.9. The van der Waals surface area contributed by atoms with E-state index in [2.05, 4.69) is 52.1 Å². The maximum Gasteiger partial charge on any atom is 0.269 e. The fourth-order valence-electron chi connectivity index (χ4n) is 3.24. The zero-order valence-electron chi connectivity index (χ0n) is 15.8. The number of aromatic nitrogens is 3. The molecule has 0 fully saturated rings. The van der Waals surface area contributed by atoms with E-state index in [1.165, 1.54) is 11.1 Å². The van der Waals surface area contributed by atoms with Crippen LogP contribution < -0.4 is 5.32 Å². The summed E-state index contributed by atoms with van der Waals surface area (Å²) in [5, 5.41) is 2.94. The molecule has 2 aromatic carbocycles. The number of carbonyl (C=O) groups is 1. The molecule has 0 aliphatic carbocycles. The lowest BCUT2D eigenvalue weighted by Crippen LogP contribution is -2.27. The van der Waals surface area contributed by atoms with Crippen LogP contribution in [0.15, 0.2) is 72.9 Å². The number of nitrogens with zero attached hydrogens (tertiary/aromatic N) is 3. The number of para-hydroxylation sites is 2. The molecule has 0 bridgehead atoms. The van der Waals surface area contributed by atoms with Gasteiger partial charge in [-0.15, -0.1) is 0 Å². The van der Waals surface area contributed by atoms with Crippen molar-refractivity contribution >= 4 is 16.9 Å². The number of pyridine rings is 1. The Labute approximate surface area is 164 Å². The number of aryl methyl sites for hydroxylation is 1. The number of fused-ring (bicyclic) bond motifs is 1. The summed E-state index contributed by atoms with van der Waals surface area (Å²) in [4.78, 5) is 21.1. The van der Waals surface area contributed by atoms with E-state index in [-0.39, 0.29) is 5.91 Å². The Balaban J connectivity index is 1.53. The van der Waals surface area contributed by atoms with E-state index < -0.39 is 0 Å². The Morgan fingerprint density at radius 1 is 1.00 bits per heavy atom. The number of imidazole rings is 1. The van der Waals surface area contributed by atoms with Crippen LogP contribution in [0.2, 0.25) is 0 Å². The van der Waals surface area contributed by atoms with Crippen LogP contribution in [0.4, 0.5) is 0 Å². The van der Waals surface area contributed by atoms with Crippen molar-refractivity contribution in [2.24, 2.45) is 0 Å². The molecule has 4 rings (SSSR count). The largest absolute Gasteiger partial charge is 0.350 e. The van der Waals surface area contributed by atoms with Crippen molar-refractivity contribution in [3.05, 3.63) is 95.6 Å². The Morgan fingerprint density at radius 3 is 2.57 bits per heavy atom. The zero-order valence-corrected chi connectivity index (χ0v) is 15.8. The molecule has 4 aromatic rings. The van der Waals surface area contributed by atoms with Crippen LogP contribution in [0.1, 0.15) is 27.4 Å². The minimum Gasteiger partial charge on any atom is -0.350 e. The normalized spacial score (nSPS) is 10.9. The fourth-order valence-corrected chi connectivity index (χ4v) is 3.24. The summed E-state index contributed by atoms with van der Waals surface area (Å²) in [6.45, 7) is 3.35. The molecule has 0 aliphatic heterocycles. The summed E-state index contributed by atoms with van der Waals surface area (Å²) in [5.74, 6) is 0.796. The van der Waals surface area contributed by atoms with Gasteiger partial charge in [0.1, 0.15) is 11.5 Å². The number of amides is 1. The maximum absolute atomic E-state index is 12.2. The van der Waals surface area contributed by atoms with Crippen molar-refractivity contribution in [1.82, 2.24) is 19.9 Å². The first-order valence-electron chi connectivity index (χ1n) is 9.39. The van der Waals surface area contributed by atoms with Gasteiger partial charge in [0.25, 0.3) is 5.91 Å². The molecule has 0 spiro atoms. The number of rotatable bonds is 6. The highest BCUT2D eigenvalue weighted by molar-refractivity contribution is 5.92. The zero-order chi connectivity index (χ0) is 19.3. The summed E-state index contributed by atoms with van der Waals surface area (Å²) < 4.78 is 2.23. The Morgan fingerprint density at radius 2 is 1.79 bits per heavy atom. The van der Waals surface area contributed by atoms with Gasteiger partial charge in [0.15, 0.2) is 0 Å². The molecule has 1 amide bonds. The van der Waals surface area contributed by atoms with Gasteiger partial charge in [0.05, 0.1) is 11.0 Å². The molecule has 0 atom stereocenters. The van der Waals surface area contributed by atoms with Crippen molar-refractivity contribution in [3.63, 3.8) is 0 Å². The van der Waals surface area contributed by atoms with Crippen molar-refractivity contribution in [2.75, 3.05) is 6.54 Å². The van der Waals surface area contributed by atoms with Gasteiger partial charge in [-0.3, -0.25) is 9.78 Å². The second kappa shape index (κ2) is 8.05. The third-order valence-electron chi connectivity index (χ3n) is 4.73. The number of hydrogen-bond acceptors (Lipinski definition) is 3. The topological polar surface area (TPSA) is 59.8 Å². The number of carbonyl (C=O) groups excluding carboxylic acids is 1. The van der Waals surface area contributed by atoms with Crippen molar-refractivity contribution in [3.8, 4) is 0 Å². The molecule has 2 aromatic heterocycles. The highest BCUT2D eigenvalue weighted by atomic mass is 16.1. The van der Waals surface area contributed by atoms with E-state index in [1.54, 1.807) is 18.3 Å². The summed E-state index contributed by atoms with van der Waals surface area (Å²) in [6, 6.07) is 22.0. The van der Waals surface area contributed by atoms with E-state index >= 15 is 0 Å². The highest BCUT2D eigenvalue weighted by Gasteiger charge is 2.12. The maximum atomic E-state index is 12.2. The summed E-state index contributed by atoms with van der Waals surface area (Å²) in [5.41, 5.74) is 4.98. The van der Waals surface area contributed by atoms with Crippen molar-refractivity contribution in [2.45, 2.75) is 19.9 Å². The molecule has 0 unspecified atom stereocenters. The standard InChI is InChI=1S/C23H22N4O/c1-17-9-11-18(12-10-17)16-27-21-8-3-2-6-19(21)26-22(27)13-15-25-23(28)20-7-4-5-14-24-20/h2-12,14H,13,15-16H2,1H3,(H,25,28). The van der Waals surface area contributed by atoms with Gasteiger partial charge in [0, 0.05) is 25.7 Å². The van der Waals surface area contributed by atoms with Gasteiger partial charge in [0.2, 0.25) is 0 Å². The Kier molecular flexibility index (Phi) is 5.15. The van der Waals surface area contributed by atoms with Gasteiger partial charge in [-0.1, -0.05) is 48.0 Å². The summed E-state index contributed by atoms with van der Waals surface area (Å²) >= 11 is 0. The third-order valence-corrected chi connectivity index (χ3v) is 4.73. The van der Waals surface area contributed by atoms with Gasteiger partial charge in [-0.05, 0) is 36.8 Å². The van der Waals surface area contributed by atoms with Gasteiger partial charge in [-0.2, -0.15) is 0 Å². The molecule has 140 valence electrons. The van der Waals surface area contributed by atoms with Crippen molar-refractivity contribution in [1.29, 1.82) is 0 Å². The van der Waals surface area contributed by atoms with E-state index in [1.807, 2.05) is 24.3 Å². The lowest BCUT2D eigenvalue weighted by Gasteiger charge is -2.10. The van der Waals surface area contributed by atoms with Crippen LogP contribution in [-0.2, 0) is 13.0 Å². The molecule has 0 aliphatic rings. The average Bonchev–Trinajstić information content (AvgIpc) is 3.07. The predicted molar refractivity (Wildman–Crippen MR) is 110 cm³/mol. The molecule has 2 heterocycles. The molecule has 28 heavy (non-hydrogen) atoms. The lowest BCUT2D eigenvalue weighted by molar-refractivity contribution is 0.0949. The molecular formula is C23H22N4O. The van der Waals surface area contributed by atoms with Gasteiger partial charge >= 0.3 is 0 Å². The molecule has 5 nitrogen and oxygen atoms in total. The van der Waals surface area contributed by atoms with E-state index in [4.69, 9.17) is 4.98 Å². The molecule has 0 saturated heterocycles. The quantitative estimate of drug-likeness (QED) is 0.562. The monoisotopic (exact) mass is 370 g/mol. The first-order chi connectivity index (χ1) is 13.7. The molecular weight excluding hydrogens is 348 g/mol. The van der Waals surface area contributed by atoms with Crippen LogP contribution in [0.3, 0.4) is 0 Å². The average molecular weight is 370 g/mol. The smallest absolute Gasteiger partial charge is 0.269 e. The minimum absolute atomic E-state index is 0.165. The van der Waals surface area contributed by atoms with Crippen molar-refractivity contribution < 1.29 is 4.79 Å². The summed E-state index contributed by atoms with van der Waals surface area (Å²) in [6.07, 6.45) is 2.27. The van der Waals surface area contributed by atoms with Crippen LogP contribution in [0.25, 0.3) is 11.0 Å². The first-order valence-corrected chi connectivity index (χ1v) is 9.39. The van der Waals surface area contributed by atoms with E-state index in [9.17, 15) is 4.79 Å². The van der Waals surface area contributed by atoms with E-state index in [0.29, 0.717) is 18.7 Å². The van der Waals surface area contributed by atoms with Crippen LogP contribution in [0.5, 0.6) is 0 Å². The number of hydrogen-bond donors (Lipinski definition) is 1.